The van der Waals surface area contributed by atoms with E-state index in [1.54, 1.807) is 0 Å². The Morgan fingerprint density at radius 1 is 1.53 bits per heavy atom. The molecule has 0 amide bonds. The van der Waals surface area contributed by atoms with Gasteiger partial charge in [0.25, 0.3) is 0 Å². The topological polar surface area (TPSA) is 89.4 Å². The van der Waals surface area contributed by atoms with Crippen LogP contribution in [0.1, 0.15) is 30.2 Å². The standard InChI is InChI=1S/C10H14N2O3/c11-6(10(13)14)5-9-12-7-3-1-2-4-8(7)15-9/h6H,1-5,11H2,(H,13,14)/t6-/m0/s1. The van der Waals surface area contributed by atoms with E-state index in [9.17, 15) is 4.79 Å². The zero-order chi connectivity index (χ0) is 10.8. The van der Waals surface area contributed by atoms with E-state index in [0.717, 1.165) is 37.1 Å². The molecule has 0 aliphatic heterocycles. The maximum atomic E-state index is 10.6. The number of carboxylic acids is 1. The van der Waals surface area contributed by atoms with Crippen LogP contribution in [0, 0.1) is 0 Å². The van der Waals surface area contributed by atoms with Crippen molar-refractivity contribution in [2.75, 3.05) is 0 Å². The molecule has 0 radical (unpaired) electrons. The Morgan fingerprint density at radius 3 is 2.93 bits per heavy atom. The molecule has 1 atom stereocenters. The van der Waals surface area contributed by atoms with Gasteiger partial charge in [0.05, 0.1) is 12.1 Å². The second-order valence-corrected chi connectivity index (χ2v) is 3.83. The van der Waals surface area contributed by atoms with E-state index >= 15 is 0 Å². The van der Waals surface area contributed by atoms with Gasteiger partial charge in [-0.15, -0.1) is 0 Å². The molecular weight excluding hydrogens is 196 g/mol. The lowest BCUT2D eigenvalue weighted by Crippen LogP contribution is -2.32. The van der Waals surface area contributed by atoms with Crippen LogP contribution in [0.4, 0.5) is 0 Å². The summed E-state index contributed by atoms with van der Waals surface area (Å²) in [6, 6.07) is -0.926. The van der Waals surface area contributed by atoms with Gasteiger partial charge in [-0.1, -0.05) is 0 Å². The third-order valence-corrected chi connectivity index (χ3v) is 2.60. The number of aliphatic carboxylic acids is 1. The summed E-state index contributed by atoms with van der Waals surface area (Å²) in [5, 5.41) is 8.65. The van der Waals surface area contributed by atoms with Crippen LogP contribution in [0.5, 0.6) is 0 Å². The summed E-state index contributed by atoms with van der Waals surface area (Å²) in [7, 11) is 0. The van der Waals surface area contributed by atoms with Gasteiger partial charge in [0.1, 0.15) is 11.8 Å². The van der Waals surface area contributed by atoms with E-state index in [4.69, 9.17) is 15.3 Å². The van der Waals surface area contributed by atoms with Crippen molar-refractivity contribution >= 4 is 5.97 Å². The first-order valence-electron chi connectivity index (χ1n) is 5.12. The van der Waals surface area contributed by atoms with Gasteiger partial charge in [-0.25, -0.2) is 4.98 Å². The van der Waals surface area contributed by atoms with Gasteiger partial charge < -0.3 is 15.3 Å². The Kier molecular flexibility index (Phi) is 2.73. The van der Waals surface area contributed by atoms with Crippen molar-refractivity contribution < 1.29 is 14.3 Å². The van der Waals surface area contributed by atoms with Crippen molar-refractivity contribution in [1.82, 2.24) is 4.98 Å². The number of carbonyl (C=O) groups is 1. The van der Waals surface area contributed by atoms with Gasteiger partial charge in [0.15, 0.2) is 5.89 Å². The molecular formula is C10H14N2O3. The maximum Gasteiger partial charge on any atom is 0.321 e. The summed E-state index contributed by atoms with van der Waals surface area (Å²) in [4.78, 5) is 14.8. The monoisotopic (exact) mass is 210 g/mol. The summed E-state index contributed by atoms with van der Waals surface area (Å²) in [5.74, 6) is 0.344. The largest absolute Gasteiger partial charge is 0.480 e. The second-order valence-electron chi connectivity index (χ2n) is 3.83. The van der Waals surface area contributed by atoms with Gasteiger partial charge in [0, 0.05) is 6.42 Å². The SMILES string of the molecule is N[C@@H](Cc1nc2c(o1)CCCC2)C(=O)O. The molecule has 0 spiro atoms. The first-order chi connectivity index (χ1) is 7.16. The molecule has 0 aromatic carbocycles. The van der Waals surface area contributed by atoms with Gasteiger partial charge in [-0.05, 0) is 19.3 Å². The molecule has 1 heterocycles. The number of hydrogen-bond acceptors (Lipinski definition) is 4. The maximum absolute atomic E-state index is 10.6. The van der Waals surface area contributed by atoms with Crippen molar-refractivity contribution in [1.29, 1.82) is 0 Å². The minimum atomic E-state index is -1.02. The highest BCUT2D eigenvalue weighted by Gasteiger charge is 2.20. The van der Waals surface area contributed by atoms with E-state index in [2.05, 4.69) is 4.98 Å². The first kappa shape index (κ1) is 10.2. The van der Waals surface area contributed by atoms with Crippen molar-refractivity contribution in [2.45, 2.75) is 38.1 Å². The minimum Gasteiger partial charge on any atom is -0.480 e. The Labute approximate surface area is 87.3 Å². The highest BCUT2D eigenvalue weighted by Crippen LogP contribution is 2.21. The Bertz CT molecular complexity index is 349. The van der Waals surface area contributed by atoms with Crippen molar-refractivity contribution in [2.24, 2.45) is 5.73 Å². The number of aromatic nitrogens is 1. The first-order valence-corrected chi connectivity index (χ1v) is 5.12. The van der Waals surface area contributed by atoms with Crippen LogP contribution >= 0.6 is 0 Å². The third-order valence-electron chi connectivity index (χ3n) is 2.60. The molecule has 1 aromatic heterocycles. The molecule has 0 fully saturated rings. The lowest BCUT2D eigenvalue weighted by molar-refractivity contribution is -0.138. The van der Waals surface area contributed by atoms with E-state index in [1.165, 1.54) is 0 Å². The number of fused-ring (bicyclic) bond motifs is 1. The molecule has 3 N–H and O–H groups in total. The van der Waals surface area contributed by atoms with Crippen LogP contribution in [-0.4, -0.2) is 22.1 Å². The van der Waals surface area contributed by atoms with E-state index < -0.39 is 12.0 Å². The van der Waals surface area contributed by atoms with Crippen molar-refractivity contribution in [3.63, 3.8) is 0 Å². The Morgan fingerprint density at radius 2 is 2.27 bits per heavy atom. The predicted molar refractivity (Wildman–Crippen MR) is 52.5 cm³/mol. The van der Waals surface area contributed by atoms with Crippen LogP contribution in [0.2, 0.25) is 0 Å². The summed E-state index contributed by atoms with van der Waals surface area (Å²) in [5.41, 5.74) is 6.39. The third kappa shape index (κ3) is 2.18. The summed E-state index contributed by atoms with van der Waals surface area (Å²) in [6.45, 7) is 0. The van der Waals surface area contributed by atoms with Crippen LogP contribution in [0.25, 0.3) is 0 Å². The number of hydrogen-bond donors (Lipinski definition) is 2. The fourth-order valence-electron chi connectivity index (χ4n) is 1.77. The lowest BCUT2D eigenvalue weighted by Gasteiger charge is -2.05. The number of carboxylic acid groups (broad SMARTS) is 1. The quantitative estimate of drug-likeness (QED) is 0.758. The molecule has 5 nitrogen and oxygen atoms in total. The highest BCUT2D eigenvalue weighted by molar-refractivity contribution is 5.73. The second kappa shape index (κ2) is 4.02. The minimum absolute atomic E-state index is 0.169. The van der Waals surface area contributed by atoms with Crippen LogP contribution in [0.3, 0.4) is 0 Å². The van der Waals surface area contributed by atoms with Crippen LogP contribution in [0.15, 0.2) is 4.42 Å². The summed E-state index contributed by atoms with van der Waals surface area (Å²) >= 11 is 0. The zero-order valence-corrected chi connectivity index (χ0v) is 8.40. The molecule has 0 unspecified atom stereocenters. The Hall–Kier alpha value is -1.36. The summed E-state index contributed by atoms with van der Waals surface area (Å²) < 4.78 is 5.47. The fourth-order valence-corrected chi connectivity index (χ4v) is 1.77. The molecule has 0 bridgehead atoms. The number of nitrogens with zero attached hydrogens (tertiary/aromatic N) is 1. The highest BCUT2D eigenvalue weighted by atomic mass is 16.4. The zero-order valence-electron chi connectivity index (χ0n) is 8.40. The van der Waals surface area contributed by atoms with Crippen molar-refractivity contribution in [3.05, 3.63) is 17.3 Å². The number of nitrogens with two attached hydrogens (primary N) is 1. The number of aryl methyl sites for hydroxylation is 2. The molecule has 0 saturated heterocycles. The van der Waals surface area contributed by atoms with Gasteiger partial charge >= 0.3 is 5.97 Å². The fraction of sp³-hybridized carbons (Fsp3) is 0.600. The summed E-state index contributed by atoms with van der Waals surface area (Å²) in [6.07, 6.45) is 4.25. The van der Waals surface area contributed by atoms with Crippen molar-refractivity contribution in [3.8, 4) is 0 Å². The molecule has 1 aromatic rings. The molecule has 82 valence electrons. The van der Waals surface area contributed by atoms with E-state index in [1.807, 2.05) is 0 Å². The van der Waals surface area contributed by atoms with E-state index in [-0.39, 0.29) is 6.42 Å². The Balaban J connectivity index is 2.09. The van der Waals surface area contributed by atoms with Gasteiger partial charge in [-0.3, -0.25) is 4.79 Å². The normalized spacial score (nSPS) is 17.1. The molecule has 0 saturated carbocycles. The van der Waals surface area contributed by atoms with Crippen LogP contribution < -0.4 is 5.73 Å². The molecule has 5 heteroatoms. The smallest absolute Gasteiger partial charge is 0.321 e. The molecule has 1 aliphatic rings. The lowest BCUT2D eigenvalue weighted by atomic mass is 10.0. The molecule has 1 aliphatic carbocycles. The molecule has 15 heavy (non-hydrogen) atoms. The van der Waals surface area contributed by atoms with Gasteiger partial charge in [0.2, 0.25) is 0 Å². The number of rotatable bonds is 3. The average Bonchev–Trinajstić information content (AvgIpc) is 2.59. The number of oxazole rings is 1. The van der Waals surface area contributed by atoms with Crippen LogP contribution in [-0.2, 0) is 24.1 Å². The molecule has 2 rings (SSSR count). The van der Waals surface area contributed by atoms with Gasteiger partial charge in [-0.2, -0.15) is 0 Å². The predicted octanol–water partition coefficient (Wildman–Crippen LogP) is 0.508. The average molecular weight is 210 g/mol. The van der Waals surface area contributed by atoms with E-state index in [0.29, 0.717) is 5.89 Å².